The maximum absolute atomic E-state index is 13.2. The Hall–Kier alpha value is -2.97. The van der Waals surface area contributed by atoms with E-state index in [1.54, 1.807) is 36.4 Å². The molecular weight excluding hydrogens is 394 g/mol. The first-order chi connectivity index (χ1) is 13.4. The molecule has 144 valence electrons. The Morgan fingerprint density at radius 1 is 1.21 bits per heavy atom. The fraction of sp³-hybridized carbons (Fsp3) is 0.100. The Morgan fingerprint density at radius 2 is 1.96 bits per heavy atom. The van der Waals surface area contributed by atoms with Crippen molar-refractivity contribution in [1.29, 1.82) is 0 Å². The minimum Gasteiger partial charge on any atom is -0.298 e. The lowest BCUT2D eigenvalue weighted by atomic mass is 10.2. The largest absolute Gasteiger partial charge is 0.298 e. The molecule has 2 aromatic carbocycles. The van der Waals surface area contributed by atoms with Crippen LogP contribution >= 0.6 is 11.3 Å². The molecule has 28 heavy (non-hydrogen) atoms. The molecule has 1 amide bonds. The number of carbonyl (C=O) groups is 1. The number of nitrogens with one attached hydrogen (secondary N) is 1. The predicted molar refractivity (Wildman–Crippen MR) is 112 cm³/mol. The van der Waals surface area contributed by atoms with Crippen molar-refractivity contribution >= 4 is 38.1 Å². The Balaban J connectivity index is 1.92. The zero-order valence-electron chi connectivity index (χ0n) is 15.2. The number of para-hydroxylation sites is 1. The van der Waals surface area contributed by atoms with Crippen LogP contribution in [0.15, 0.2) is 77.5 Å². The minimum atomic E-state index is -3.87. The zero-order chi connectivity index (χ0) is 20.1. The van der Waals surface area contributed by atoms with E-state index in [9.17, 15) is 13.2 Å². The summed E-state index contributed by atoms with van der Waals surface area (Å²) in [5.41, 5.74) is 1.57. The molecule has 0 saturated heterocycles. The molecule has 0 fully saturated rings. The maximum atomic E-state index is 13.2. The number of rotatable bonds is 7. The summed E-state index contributed by atoms with van der Waals surface area (Å²) in [5, 5.41) is 4.98. The molecule has 1 heterocycles. The van der Waals surface area contributed by atoms with Crippen LogP contribution in [0.25, 0.3) is 0 Å². The van der Waals surface area contributed by atoms with Gasteiger partial charge in [-0.1, -0.05) is 30.3 Å². The predicted octanol–water partition coefficient (Wildman–Crippen LogP) is 4.09. The second-order valence-electron chi connectivity index (χ2n) is 5.94. The topological polar surface area (TPSA) is 79.4 Å². The number of benzene rings is 2. The molecular formula is C20H19N3O3S2. The number of anilines is 2. The van der Waals surface area contributed by atoms with E-state index in [4.69, 9.17) is 0 Å². The van der Waals surface area contributed by atoms with Crippen LogP contribution in [0.2, 0.25) is 0 Å². The van der Waals surface area contributed by atoms with Crippen molar-refractivity contribution in [3.63, 3.8) is 0 Å². The number of amides is 1. The van der Waals surface area contributed by atoms with Gasteiger partial charge in [-0.2, -0.15) is 0 Å². The normalized spacial score (nSPS) is 11.0. The molecule has 3 rings (SSSR count). The van der Waals surface area contributed by atoms with E-state index in [-0.39, 0.29) is 17.0 Å². The van der Waals surface area contributed by atoms with E-state index in [0.717, 1.165) is 5.69 Å². The fourth-order valence-electron chi connectivity index (χ4n) is 2.56. The van der Waals surface area contributed by atoms with E-state index in [0.29, 0.717) is 10.8 Å². The van der Waals surface area contributed by atoms with Gasteiger partial charge in [-0.15, -0.1) is 17.9 Å². The molecule has 0 bridgehead atoms. The summed E-state index contributed by atoms with van der Waals surface area (Å²) >= 11 is 1.31. The number of nitrogens with zero attached hydrogens (tertiary/aromatic N) is 2. The molecule has 6 nitrogen and oxygen atoms in total. The lowest BCUT2D eigenvalue weighted by molar-refractivity contribution is 0.102. The monoisotopic (exact) mass is 413 g/mol. The van der Waals surface area contributed by atoms with Crippen molar-refractivity contribution in [2.45, 2.75) is 11.8 Å². The van der Waals surface area contributed by atoms with Crippen LogP contribution in [0.1, 0.15) is 16.1 Å². The molecule has 0 radical (unpaired) electrons. The fourth-order valence-corrected chi connectivity index (χ4v) is 4.72. The molecule has 0 saturated carbocycles. The maximum Gasteiger partial charge on any atom is 0.264 e. The quantitative estimate of drug-likeness (QED) is 0.592. The lowest BCUT2D eigenvalue weighted by Gasteiger charge is -2.23. The molecule has 0 aliphatic heterocycles. The van der Waals surface area contributed by atoms with Gasteiger partial charge in [0.2, 0.25) is 0 Å². The molecule has 0 aliphatic carbocycles. The first-order valence-electron chi connectivity index (χ1n) is 8.44. The Labute approximate surface area is 168 Å². The highest BCUT2D eigenvalue weighted by Gasteiger charge is 2.25. The van der Waals surface area contributed by atoms with E-state index in [1.807, 2.05) is 18.4 Å². The van der Waals surface area contributed by atoms with E-state index in [2.05, 4.69) is 16.9 Å². The lowest BCUT2D eigenvalue weighted by Crippen LogP contribution is -2.31. The average Bonchev–Trinajstić information content (AvgIpc) is 3.11. The summed E-state index contributed by atoms with van der Waals surface area (Å²) in [6.07, 6.45) is 1.52. The van der Waals surface area contributed by atoms with E-state index < -0.39 is 15.9 Å². The van der Waals surface area contributed by atoms with Crippen LogP contribution in [0.3, 0.4) is 0 Å². The average molecular weight is 414 g/mol. The number of sulfonamides is 1. The van der Waals surface area contributed by atoms with Crippen LogP contribution in [0.4, 0.5) is 10.8 Å². The summed E-state index contributed by atoms with van der Waals surface area (Å²) in [6.45, 7) is 5.59. The highest BCUT2D eigenvalue weighted by atomic mass is 32.2. The van der Waals surface area contributed by atoms with Gasteiger partial charge >= 0.3 is 0 Å². The third-order valence-electron chi connectivity index (χ3n) is 3.86. The summed E-state index contributed by atoms with van der Waals surface area (Å²) in [6, 6.07) is 14.7. The van der Waals surface area contributed by atoms with Gasteiger partial charge in [-0.05, 0) is 37.3 Å². The molecule has 0 aliphatic rings. The van der Waals surface area contributed by atoms with Gasteiger partial charge in [-0.3, -0.25) is 14.4 Å². The summed E-state index contributed by atoms with van der Waals surface area (Å²) in [7, 11) is -3.87. The van der Waals surface area contributed by atoms with E-state index in [1.165, 1.54) is 33.9 Å². The number of hydrogen-bond donors (Lipinski definition) is 1. The van der Waals surface area contributed by atoms with E-state index >= 15 is 0 Å². The SMILES string of the molecule is C=CCN(c1ccccc1)S(=O)(=O)c1cccc(C(=O)Nc2nc(C)cs2)c1. The smallest absolute Gasteiger partial charge is 0.264 e. The van der Waals surface area contributed by atoms with Crippen LogP contribution in [-0.2, 0) is 10.0 Å². The van der Waals surface area contributed by atoms with Gasteiger partial charge in [0.1, 0.15) is 0 Å². The van der Waals surface area contributed by atoms with Gasteiger partial charge in [0, 0.05) is 10.9 Å². The number of aryl methyl sites for hydroxylation is 1. The minimum absolute atomic E-state index is 0.0289. The second kappa shape index (κ2) is 8.37. The van der Waals surface area contributed by atoms with Gasteiger partial charge < -0.3 is 0 Å². The van der Waals surface area contributed by atoms with Crippen molar-refractivity contribution < 1.29 is 13.2 Å². The van der Waals surface area contributed by atoms with Gasteiger partial charge in [-0.25, -0.2) is 13.4 Å². The third-order valence-corrected chi connectivity index (χ3v) is 6.53. The summed E-state index contributed by atoms with van der Waals surface area (Å²) in [5.74, 6) is -0.415. The third kappa shape index (κ3) is 4.29. The number of aromatic nitrogens is 1. The molecule has 0 spiro atoms. The summed E-state index contributed by atoms with van der Waals surface area (Å²) < 4.78 is 27.6. The molecule has 0 unspecified atom stereocenters. The second-order valence-corrected chi connectivity index (χ2v) is 8.66. The first kappa shape index (κ1) is 19.8. The van der Waals surface area contributed by atoms with Crippen LogP contribution in [-0.4, -0.2) is 25.9 Å². The molecule has 0 atom stereocenters. The highest BCUT2D eigenvalue weighted by molar-refractivity contribution is 7.92. The highest BCUT2D eigenvalue weighted by Crippen LogP contribution is 2.24. The van der Waals surface area contributed by atoms with Crippen molar-refractivity contribution in [3.05, 3.63) is 83.9 Å². The van der Waals surface area contributed by atoms with Gasteiger partial charge in [0.05, 0.1) is 22.8 Å². The number of hydrogen-bond acceptors (Lipinski definition) is 5. The number of carbonyl (C=O) groups excluding carboxylic acids is 1. The van der Waals surface area contributed by atoms with Gasteiger partial charge in [0.15, 0.2) is 5.13 Å². The van der Waals surface area contributed by atoms with Crippen molar-refractivity contribution in [2.75, 3.05) is 16.2 Å². The van der Waals surface area contributed by atoms with Crippen molar-refractivity contribution in [2.24, 2.45) is 0 Å². The summed E-state index contributed by atoms with van der Waals surface area (Å²) in [4.78, 5) is 16.7. The Kier molecular flexibility index (Phi) is 5.91. The first-order valence-corrected chi connectivity index (χ1v) is 10.8. The molecule has 8 heteroatoms. The van der Waals surface area contributed by atoms with Crippen LogP contribution in [0, 0.1) is 6.92 Å². The van der Waals surface area contributed by atoms with Crippen molar-refractivity contribution in [1.82, 2.24) is 4.98 Å². The van der Waals surface area contributed by atoms with Crippen LogP contribution < -0.4 is 9.62 Å². The molecule has 1 N–H and O–H groups in total. The molecule has 1 aromatic heterocycles. The Bertz CT molecular complexity index is 1090. The van der Waals surface area contributed by atoms with Gasteiger partial charge in [0.25, 0.3) is 15.9 Å². The zero-order valence-corrected chi connectivity index (χ0v) is 16.8. The number of thiazole rings is 1. The van der Waals surface area contributed by atoms with Crippen molar-refractivity contribution in [3.8, 4) is 0 Å². The Morgan fingerprint density at radius 3 is 2.61 bits per heavy atom. The molecule has 3 aromatic rings. The van der Waals surface area contributed by atoms with Crippen LogP contribution in [0.5, 0.6) is 0 Å². The standard InChI is InChI=1S/C20H19N3O3S2/c1-3-12-23(17-9-5-4-6-10-17)28(25,26)18-11-7-8-16(13-18)19(24)22-20-21-15(2)14-27-20/h3-11,13-14H,1,12H2,2H3,(H,21,22,24).